The van der Waals surface area contributed by atoms with Crippen molar-refractivity contribution >= 4 is 16.8 Å². The average molecular weight is 364 g/mol. The molecule has 140 valence electrons. The van der Waals surface area contributed by atoms with Crippen molar-refractivity contribution in [3.05, 3.63) is 53.7 Å². The maximum Gasteiger partial charge on any atom is 0.275 e. The molecule has 0 bridgehead atoms. The van der Waals surface area contributed by atoms with E-state index in [-0.39, 0.29) is 5.91 Å². The molecule has 1 aliphatic rings. The fourth-order valence-electron chi connectivity index (χ4n) is 3.58. The summed E-state index contributed by atoms with van der Waals surface area (Å²) < 4.78 is 1.78. The molecule has 7 heteroatoms. The first-order valence-electron chi connectivity index (χ1n) is 9.33. The summed E-state index contributed by atoms with van der Waals surface area (Å²) >= 11 is 0. The van der Waals surface area contributed by atoms with Crippen molar-refractivity contribution in [2.75, 3.05) is 26.2 Å². The van der Waals surface area contributed by atoms with Crippen molar-refractivity contribution in [2.24, 2.45) is 7.05 Å². The number of carbonyl (C=O) groups excluding carboxylic acids is 1. The lowest BCUT2D eigenvalue weighted by molar-refractivity contribution is 0.0756. The highest BCUT2D eigenvalue weighted by atomic mass is 16.2. The van der Waals surface area contributed by atoms with Gasteiger partial charge in [-0.15, -0.1) is 0 Å². The van der Waals surface area contributed by atoms with Crippen LogP contribution in [0.5, 0.6) is 0 Å². The predicted molar refractivity (Wildman–Crippen MR) is 103 cm³/mol. The molecular formula is C20H24N6O. The van der Waals surface area contributed by atoms with Crippen LogP contribution in [-0.2, 0) is 13.6 Å². The van der Waals surface area contributed by atoms with Gasteiger partial charge in [-0.2, -0.15) is 5.10 Å². The van der Waals surface area contributed by atoms with E-state index in [2.05, 4.69) is 20.0 Å². The molecule has 2 aromatic heterocycles. The third kappa shape index (κ3) is 3.68. The second kappa shape index (κ2) is 7.44. The Labute approximate surface area is 158 Å². The highest BCUT2D eigenvalue weighted by Gasteiger charge is 2.24. The smallest absolute Gasteiger partial charge is 0.275 e. The quantitative estimate of drug-likeness (QED) is 0.711. The molecule has 3 aromatic rings. The number of nitrogens with zero attached hydrogens (tertiary/aromatic N) is 6. The van der Waals surface area contributed by atoms with Gasteiger partial charge in [-0.1, -0.05) is 18.2 Å². The van der Waals surface area contributed by atoms with E-state index in [9.17, 15) is 4.79 Å². The van der Waals surface area contributed by atoms with Gasteiger partial charge >= 0.3 is 0 Å². The summed E-state index contributed by atoms with van der Waals surface area (Å²) in [5, 5.41) is 5.40. The van der Waals surface area contributed by atoms with Gasteiger partial charge in [0.25, 0.3) is 5.91 Å². The van der Waals surface area contributed by atoms with E-state index in [4.69, 9.17) is 0 Å². The minimum absolute atomic E-state index is 0.0174. The minimum atomic E-state index is 0.0174. The standard InChI is InChI=1S/C20H24N6O/c1-15-12-22-16(13-21-15)14-25-8-5-9-26(11-10-25)20(27)19-17-6-3-4-7-18(17)24(2)23-19/h3-4,6-7,12-13H,5,8-11,14H2,1-2H3. The molecule has 0 radical (unpaired) electrons. The molecule has 0 saturated carbocycles. The molecule has 1 saturated heterocycles. The van der Waals surface area contributed by atoms with Crippen LogP contribution in [0.25, 0.3) is 10.9 Å². The SMILES string of the molecule is Cc1cnc(CN2CCCN(C(=O)c3nn(C)c4ccccc34)CC2)cn1. The topological polar surface area (TPSA) is 67.2 Å². The van der Waals surface area contributed by atoms with Gasteiger partial charge in [-0.25, -0.2) is 0 Å². The maximum absolute atomic E-state index is 13.1. The third-order valence-electron chi connectivity index (χ3n) is 5.06. The fraction of sp³-hybridized carbons (Fsp3) is 0.400. The Hall–Kier alpha value is -2.80. The zero-order valence-electron chi connectivity index (χ0n) is 15.8. The summed E-state index contributed by atoms with van der Waals surface area (Å²) in [7, 11) is 1.88. The van der Waals surface area contributed by atoms with Crippen LogP contribution in [0.1, 0.15) is 28.3 Å². The number of hydrogen-bond donors (Lipinski definition) is 0. The molecule has 0 spiro atoms. The number of fused-ring (bicyclic) bond motifs is 1. The van der Waals surface area contributed by atoms with Crippen LogP contribution in [0.2, 0.25) is 0 Å². The number of hydrogen-bond acceptors (Lipinski definition) is 5. The van der Waals surface area contributed by atoms with E-state index in [1.807, 2.05) is 49.3 Å². The van der Waals surface area contributed by atoms with Crippen LogP contribution in [0.4, 0.5) is 0 Å². The number of aromatic nitrogens is 4. The molecule has 0 aliphatic carbocycles. The number of rotatable bonds is 3. The van der Waals surface area contributed by atoms with Gasteiger partial charge < -0.3 is 4.90 Å². The molecule has 27 heavy (non-hydrogen) atoms. The Balaban J connectivity index is 1.46. The first-order valence-corrected chi connectivity index (χ1v) is 9.33. The Morgan fingerprint density at radius 3 is 2.74 bits per heavy atom. The van der Waals surface area contributed by atoms with Crippen molar-refractivity contribution < 1.29 is 4.79 Å². The minimum Gasteiger partial charge on any atom is -0.336 e. The van der Waals surface area contributed by atoms with Crippen LogP contribution >= 0.6 is 0 Å². The predicted octanol–water partition coefficient (Wildman–Crippen LogP) is 2.02. The van der Waals surface area contributed by atoms with E-state index in [0.717, 1.165) is 54.9 Å². The maximum atomic E-state index is 13.1. The van der Waals surface area contributed by atoms with E-state index in [1.54, 1.807) is 10.9 Å². The van der Waals surface area contributed by atoms with Gasteiger partial charge in [-0.3, -0.25) is 24.3 Å². The van der Waals surface area contributed by atoms with E-state index in [1.165, 1.54) is 0 Å². The van der Waals surface area contributed by atoms with E-state index in [0.29, 0.717) is 12.2 Å². The molecule has 1 aliphatic heterocycles. The van der Waals surface area contributed by atoms with Crippen molar-refractivity contribution in [1.82, 2.24) is 29.5 Å². The molecule has 0 unspecified atom stereocenters. The van der Waals surface area contributed by atoms with Crippen LogP contribution in [0.3, 0.4) is 0 Å². The third-order valence-corrected chi connectivity index (χ3v) is 5.06. The summed E-state index contributed by atoms with van der Waals surface area (Å²) in [6.45, 7) is 5.92. The molecule has 3 heterocycles. The Kier molecular flexibility index (Phi) is 4.85. The molecule has 4 rings (SSSR count). The number of amides is 1. The number of carbonyl (C=O) groups is 1. The molecule has 0 atom stereocenters. The molecular weight excluding hydrogens is 340 g/mol. The van der Waals surface area contributed by atoms with Crippen molar-refractivity contribution in [3.63, 3.8) is 0 Å². The fourth-order valence-corrected chi connectivity index (χ4v) is 3.58. The van der Waals surface area contributed by atoms with Gasteiger partial charge in [0.2, 0.25) is 0 Å². The largest absolute Gasteiger partial charge is 0.336 e. The Morgan fingerprint density at radius 2 is 1.93 bits per heavy atom. The number of aryl methyl sites for hydroxylation is 2. The van der Waals surface area contributed by atoms with Crippen molar-refractivity contribution in [3.8, 4) is 0 Å². The highest BCUT2D eigenvalue weighted by Crippen LogP contribution is 2.20. The van der Waals surface area contributed by atoms with Gasteiger partial charge in [0.15, 0.2) is 5.69 Å². The molecule has 0 N–H and O–H groups in total. The lowest BCUT2D eigenvalue weighted by atomic mass is 10.2. The molecule has 1 amide bonds. The summed E-state index contributed by atoms with van der Waals surface area (Å²) in [5.74, 6) is 0.0174. The van der Waals surface area contributed by atoms with Gasteiger partial charge in [0, 0.05) is 57.6 Å². The monoisotopic (exact) mass is 364 g/mol. The Bertz CT molecular complexity index is 949. The normalized spacial score (nSPS) is 15.9. The van der Waals surface area contributed by atoms with Crippen molar-refractivity contribution in [2.45, 2.75) is 19.9 Å². The second-order valence-electron chi connectivity index (χ2n) is 7.06. The first-order chi connectivity index (χ1) is 13.1. The number of para-hydroxylation sites is 1. The van der Waals surface area contributed by atoms with Crippen molar-refractivity contribution in [1.29, 1.82) is 0 Å². The first kappa shape index (κ1) is 17.6. The molecule has 1 aromatic carbocycles. The molecule has 1 fully saturated rings. The zero-order valence-corrected chi connectivity index (χ0v) is 15.8. The summed E-state index contributed by atoms with van der Waals surface area (Å²) in [5.41, 5.74) is 3.42. The van der Waals surface area contributed by atoms with Crippen LogP contribution in [0, 0.1) is 6.92 Å². The average Bonchev–Trinajstić information content (AvgIpc) is 2.86. The highest BCUT2D eigenvalue weighted by molar-refractivity contribution is 6.04. The van der Waals surface area contributed by atoms with Gasteiger partial charge in [0.05, 0.1) is 16.9 Å². The summed E-state index contributed by atoms with van der Waals surface area (Å²) in [6, 6.07) is 7.88. The Morgan fingerprint density at radius 1 is 1.07 bits per heavy atom. The van der Waals surface area contributed by atoms with E-state index < -0.39 is 0 Å². The van der Waals surface area contributed by atoms with Gasteiger partial charge in [0.1, 0.15) is 0 Å². The van der Waals surface area contributed by atoms with Crippen LogP contribution in [-0.4, -0.2) is 61.6 Å². The van der Waals surface area contributed by atoms with Crippen LogP contribution < -0.4 is 0 Å². The zero-order chi connectivity index (χ0) is 18.8. The van der Waals surface area contributed by atoms with E-state index >= 15 is 0 Å². The summed E-state index contributed by atoms with van der Waals surface area (Å²) in [6.07, 6.45) is 4.58. The van der Waals surface area contributed by atoms with Crippen LogP contribution in [0.15, 0.2) is 36.7 Å². The number of benzene rings is 1. The lowest BCUT2D eigenvalue weighted by Crippen LogP contribution is -2.35. The second-order valence-corrected chi connectivity index (χ2v) is 7.06. The lowest BCUT2D eigenvalue weighted by Gasteiger charge is -2.21. The molecule has 7 nitrogen and oxygen atoms in total. The summed E-state index contributed by atoms with van der Waals surface area (Å²) in [4.78, 5) is 26.1. The van der Waals surface area contributed by atoms with Gasteiger partial charge in [-0.05, 0) is 19.4 Å².